The van der Waals surface area contributed by atoms with Crippen molar-refractivity contribution in [2.45, 2.75) is 30.7 Å². The Morgan fingerprint density at radius 3 is 2.30 bits per heavy atom. The van der Waals surface area contributed by atoms with Gasteiger partial charge in [0.25, 0.3) is 0 Å². The van der Waals surface area contributed by atoms with Crippen molar-refractivity contribution >= 4 is 16.0 Å². The summed E-state index contributed by atoms with van der Waals surface area (Å²) in [5, 5.41) is 8.63. The molecule has 9 heteroatoms. The van der Waals surface area contributed by atoms with E-state index < -0.39 is 50.3 Å². The van der Waals surface area contributed by atoms with Gasteiger partial charge in [0.2, 0.25) is 10.0 Å². The van der Waals surface area contributed by atoms with E-state index in [1.54, 1.807) is 0 Å². The normalized spacial score (nSPS) is 12.4. The Kier molecular flexibility index (Phi) is 4.45. The maximum atomic E-state index is 13.4. The summed E-state index contributed by atoms with van der Waals surface area (Å²) in [5.74, 6) is -6.57. The number of hydrogen-bond donors (Lipinski definition) is 2. The lowest BCUT2D eigenvalue weighted by Gasteiger charge is -2.24. The highest BCUT2D eigenvalue weighted by Gasteiger charge is 2.31. The van der Waals surface area contributed by atoms with Crippen LogP contribution in [0.2, 0.25) is 0 Å². The van der Waals surface area contributed by atoms with Gasteiger partial charge in [0.15, 0.2) is 17.5 Å². The van der Waals surface area contributed by atoms with E-state index in [4.69, 9.17) is 5.11 Å². The number of carboxylic acids is 1. The van der Waals surface area contributed by atoms with E-state index >= 15 is 0 Å². The average Bonchev–Trinajstić information content (AvgIpc) is 2.21. The van der Waals surface area contributed by atoms with Crippen molar-refractivity contribution in [2.75, 3.05) is 0 Å². The van der Waals surface area contributed by atoms with E-state index in [-0.39, 0.29) is 0 Å². The van der Waals surface area contributed by atoms with Gasteiger partial charge in [-0.15, -0.1) is 0 Å². The molecule has 5 nitrogen and oxygen atoms in total. The SMILES string of the molecule is CC(C)(CC(=O)O)NS(=O)(=O)c1ccc(F)c(F)c1F. The summed E-state index contributed by atoms with van der Waals surface area (Å²) in [5.41, 5.74) is -1.43. The summed E-state index contributed by atoms with van der Waals surface area (Å²) in [6.45, 7) is 2.52. The molecule has 0 atom stereocenters. The monoisotopic (exact) mass is 311 g/mol. The topological polar surface area (TPSA) is 83.5 Å². The molecule has 0 aliphatic rings. The molecule has 0 spiro atoms. The number of benzene rings is 1. The summed E-state index contributed by atoms with van der Waals surface area (Å²) in [4.78, 5) is 9.50. The van der Waals surface area contributed by atoms with Crippen LogP contribution in [0.25, 0.3) is 0 Å². The molecule has 2 N–H and O–H groups in total. The van der Waals surface area contributed by atoms with Gasteiger partial charge in [-0.1, -0.05) is 0 Å². The molecule has 112 valence electrons. The highest BCUT2D eigenvalue weighted by atomic mass is 32.2. The molecule has 1 rings (SSSR count). The number of halogens is 3. The molecule has 0 heterocycles. The van der Waals surface area contributed by atoms with Crippen molar-refractivity contribution in [3.8, 4) is 0 Å². The minimum Gasteiger partial charge on any atom is -0.481 e. The van der Waals surface area contributed by atoms with Crippen LogP contribution in [0, 0.1) is 17.5 Å². The molecule has 0 aliphatic carbocycles. The molecule has 0 radical (unpaired) electrons. The lowest BCUT2D eigenvalue weighted by molar-refractivity contribution is -0.138. The van der Waals surface area contributed by atoms with Crippen molar-refractivity contribution in [3.05, 3.63) is 29.6 Å². The van der Waals surface area contributed by atoms with Gasteiger partial charge < -0.3 is 5.11 Å². The van der Waals surface area contributed by atoms with Crippen LogP contribution in [0.15, 0.2) is 17.0 Å². The molecule has 0 saturated heterocycles. The van der Waals surface area contributed by atoms with Gasteiger partial charge in [0, 0.05) is 5.54 Å². The first-order valence-electron chi connectivity index (χ1n) is 5.35. The number of rotatable bonds is 5. The molecule has 0 amide bonds. The molecule has 1 aromatic carbocycles. The highest BCUT2D eigenvalue weighted by Crippen LogP contribution is 2.22. The van der Waals surface area contributed by atoms with Crippen LogP contribution in [0.5, 0.6) is 0 Å². The smallest absolute Gasteiger partial charge is 0.305 e. The van der Waals surface area contributed by atoms with Crippen molar-refractivity contribution in [1.82, 2.24) is 4.72 Å². The molecule has 0 fully saturated rings. The second kappa shape index (κ2) is 5.41. The summed E-state index contributed by atoms with van der Waals surface area (Å²) >= 11 is 0. The predicted octanol–water partition coefficient (Wildman–Crippen LogP) is 1.64. The fourth-order valence-electron chi connectivity index (χ4n) is 1.55. The molecule has 0 bridgehead atoms. The second-order valence-corrected chi connectivity index (χ2v) is 6.38. The van der Waals surface area contributed by atoms with E-state index in [0.29, 0.717) is 12.1 Å². The van der Waals surface area contributed by atoms with Crippen LogP contribution >= 0.6 is 0 Å². The Labute approximate surface area is 113 Å². The Morgan fingerprint density at radius 2 is 1.80 bits per heavy atom. The van der Waals surface area contributed by atoms with Gasteiger partial charge in [0.05, 0.1) is 6.42 Å². The van der Waals surface area contributed by atoms with Gasteiger partial charge in [-0.05, 0) is 26.0 Å². The minimum atomic E-state index is -4.53. The molecule has 0 saturated carbocycles. The van der Waals surface area contributed by atoms with Crippen molar-refractivity contribution in [1.29, 1.82) is 0 Å². The number of hydrogen-bond acceptors (Lipinski definition) is 3. The van der Waals surface area contributed by atoms with E-state index in [1.807, 2.05) is 4.72 Å². The van der Waals surface area contributed by atoms with E-state index in [2.05, 4.69) is 0 Å². The van der Waals surface area contributed by atoms with Gasteiger partial charge >= 0.3 is 5.97 Å². The third kappa shape index (κ3) is 3.70. The van der Waals surface area contributed by atoms with Crippen LogP contribution in [0.1, 0.15) is 20.3 Å². The number of carboxylic acid groups (broad SMARTS) is 1. The zero-order valence-electron chi connectivity index (χ0n) is 10.6. The average molecular weight is 311 g/mol. The molecular weight excluding hydrogens is 299 g/mol. The van der Waals surface area contributed by atoms with Crippen molar-refractivity contribution in [2.24, 2.45) is 0 Å². The first-order chi connectivity index (χ1) is 8.96. The quantitative estimate of drug-likeness (QED) is 0.810. The Morgan fingerprint density at radius 1 is 1.25 bits per heavy atom. The molecule has 0 aliphatic heterocycles. The zero-order valence-corrected chi connectivity index (χ0v) is 11.4. The summed E-state index contributed by atoms with van der Waals surface area (Å²) in [6.07, 6.45) is -0.572. The largest absolute Gasteiger partial charge is 0.481 e. The van der Waals surface area contributed by atoms with Gasteiger partial charge in [-0.2, -0.15) is 0 Å². The molecule has 0 aromatic heterocycles. The summed E-state index contributed by atoms with van der Waals surface area (Å²) in [6, 6.07) is 1.03. The van der Waals surface area contributed by atoms with E-state index in [1.165, 1.54) is 13.8 Å². The third-order valence-corrected chi connectivity index (χ3v) is 4.01. The number of aliphatic carboxylic acids is 1. The fourth-order valence-corrected chi connectivity index (χ4v) is 3.03. The molecule has 1 aromatic rings. The maximum absolute atomic E-state index is 13.4. The standard InChI is InChI=1S/C11H12F3NO4S/c1-11(2,5-8(16)17)15-20(18,19)7-4-3-6(12)9(13)10(7)14/h3-4,15H,5H2,1-2H3,(H,16,17). The maximum Gasteiger partial charge on any atom is 0.305 e. The van der Waals surface area contributed by atoms with Crippen molar-refractivity contribution < 1.29 is 31.5 Å². The predicted molar refractivity (Wildman–Crippen MR) is 63.0 cm³/mol. The Balaban J connectivity index is 3.19. The lowest BCUT2D eigenvalue weighted by Crippen LogP contribution is -2.45. The van der Waals surface area contributed by atoms with Crippen molar-refractivity contribution in [3.63, 3.8) is 0 Å². The van der Waals surface area contributed by atoms with Crippen LogP contribution in [0.3, 0.4) is 0 Å². The van der Waals surface area contributed by atoms with Crippen LogP contribution in [-0.4, -0.2) is 25.0 Å². The van der Waals surface area contributed by atoms with Crippen LogP contribution in [-0.2, 0) is 14.8 Å². The van der Waals surface area contributed by atoms with Crippen LogP contribution in [0.4, 0.5) is 13.2 Å². The fraction of sp³-hybridized carbons (Fsp3) is 0.364. The first-order valence-corrected chi connectivity index (χ1v) is 6.84. The summed E-state index contributed by atoms with van der Waals surface area (Å²) in [7, 11) is -4.53. The number of sulfonamides is 1. The van der Waals surface area contributed by atoms with Gasteiger partial charge in [-0.3, -0.25) is 4.79 Å². The molecule has 20 heavy (non-hydrogen) atoms. The highest BCUT2D eigenvalue weighted by molar-refractivity contribution is 7.89. The molecular formula is C11H12F3NO4S. The first kappa shape index (κ1) is 16.4. The third-order valence-electron chi connectivity index (χ3n) is 2.29. The van der Waals surface area contributed by atoms with Crippen LogP contribution < -0.4 is 4.72 Å². The Hall–Kier alpha value is -1.61. The number of nitrogens with one attached hydrogen (secondary N) is 1. The minimum absolute atomic E-state index is 0.469. The Bertz CT molecular complexity index is 643. The summed E-state index contributed by atoms with van der Waals surface area (Å²) < 4.78 is 64.9. The van der Waals surface area contributed by atoms with E-state index in [0.717, 1.165) is 0 Å². The number of carbonyl (C=O) groups is 1. The lowest BCUT2D eigenvalue weighted by atomic mass is 10.0. The van der Waals surface area contributed by atoms with Gasteiger partial charge in [0.1, 0.15) is 4.90 Å². The van der Waals surface area contributed by atoms with E-state index in [9.17, 15) is 26.4 Å². The molecule has 0 unspecified atom stereocenters. The zero-order chi connectivity index (χ0) is 15.7. The second-order valence-electron chi connectivity index (χ2n) is 4.73. The van der Waals surface area contributed by atoms with Gasteiger partial charge in [-0.25, -0.2) is 26.3 Å².